The predicted molar refractivity (Wildman–Crippen MR) is 120 cm³/mol. The summed E-state index contributed by atoms with van der Waals surface area (Å²) in [6.45, 7) is 5.65. The molecule has 0 amide bonds. The predicted octanol–water partition coefficient (Wildman–Crippen LogP) is 6.56. The highest BCUT2D eigenvalue weighted by Crippen LogP contribution is 2.33. The van der Waals surface area contributed by atoms with Gasteiger partial charge in [0.25, 0.3) is 0 Å². The first-order valence-electron chi connectivity index (χ1n) is 9.89. The summed E-state index contributed by atoms with van der Waals surface area (Å²) >= 11 is 1.41. The summed E-state index contributed by atoms with van der Waals surface area (Å²) in [5.41, 5.74) is 2.58. The van der Waals surface area contributed by atoms with Crippen molar-refractivity contribution in [2.75, 3.05) is 13.2 Å². The number of esters is 1. The van der Waals surface area contributed by atoms with Gasteiger partial charge in [0, 0.05) is 5.56 Å². The number of ether oxygens (including phenoxy) is 2. The summed E-state index contributed by atoms with van der Waals surface area (Å²) in [6.07, 6.45) is -0.504. The van der Waals surface area contributed by atoms with Crippen molar-refractivity contribution in [1.82, 2.24) is 4.98 Å². The van der Waals surface area contributed by atoms with E-state index in [0.29, 0.717) is 22.9 Å². The lowest BCUT2D eigenvalue weighted by Crippen LogP contribution is -2.14. The first kappa shape index (κ1) is 23.5. The van der Waals surface area contributed by atoms with Crippen LogP contribution in [-0.2, 0) is 15.7 Å². The molecule has 4 nitrogen and oxygen atoms in total. The monoisotopic (exact) mass is 461 g/mol. The zero-order valence-corrected chi connectivity index (χ0v) is 18.6. The van der Waals surface area contributed by atoms with E-state index in [1.165, 1.54) is 23.5 Å². The Morgan fingerprint density at radius 2 is 1.81 bits per heavy atom. The molecule has 0 atom stereocenters. The Kier molecular flexibility index (Phi) is 7.35. The van der Waals surface area contributed by atoms with Crippen LogP contribution in [0.5, 0.6) is 5.75 Å². The van der Waals surface area contributed by atoms with Crippen molar-refractivity contribution in [3.8, 4) is 16.3 Å². The summed E-state index contributed by atoms with van der Waals surface area (Å²) in [6, 6.07) is 10.6. The third kappa shape index (κ3) is 5.97. The fourth-order valence-corrected chi connectivity index (χ4v) is 3.91. The lowest BCUT2D eigenvalue weighted by atomic mass is 10.1. The van der Waals surface area contributed by atoms with Crippen LogP contribution < -0.4 is 4.74 Å². The average Bonchev–Trinajstić information content (AvgIpc) is 3.12. The molecular formula is C24H22F3NO3S. The first-order chi connectivity index (χ1) is 15.2. The molecule has 0 N–H and O–H groups in total. The highest BCUT2D eigenvalue weighted by atomic mass is 32.1. The molecule has 0 radical (unpaired) electrons. The Bertz CT molecular complexity index is 1120. The van der Waals surface area contributed by atoms with E-state index in [-0.39, 0.29) is 6.61 Å². The molecule has 1 heterocycles. The number of hydrogen-bond acceptors (Lipinski definition) is 5. The van der Waals surface area contributed by atoms with Crippen LogP contribution in [0.4, 0.5) is 13.2 Å². The molecule has 168 valence electrons. The smallest absolute Gasteiger partial charge is 0.416 e. The summed E-state index contributed by atoms with van der Waals surface area (Å²) < 4.78 is 48.6. The number of thiazole rings is 1. The lowest BCUT2D eigenvalue weighted by molar-refractivity contribution is -0.145. The number of hydrogen-bond donors (Lipinski definition) is 0. The van der Waals surface area contributed by atoms with Gasteiger partial charge in [-0.1, -0.05) is 24.3 Å². The van der Waals surface area contributed by atoms with Crippen LogP contribution in [-0.4, -0.2) is 24.2 Å². The Morgan fingerprint density at radius 3 is 2.44 bits per heavy atom. The molecule has 0 unspecified atom stereocenters. The summed E-state index contributed by atoms with van der Waals surface area (Å²) in [5.74, 6) is 0.189. The standard InChI is InChI=1S/C24H22F3NO3S/c1-4-30-22(29)14-31-20-11-5-17(13-15(20)2)6-12-21-16(3)28-23(32-21)18-7-9-19(10-8-18)24(25,26)27/h5-13H,4,14H2,1-3H3/b12-6+. The van der Waals surface area contributed by atoms with Crippen LogP contribution in [0.2, 0.25) is 0 Å². The zero-order chi connectivity index (χ0) is 23.3. The molecule has 32 heavy (non-hydrogen) atoms. The minimum atomic E-state index is -4.36. The third-order valence-electron chi connectivity index (χ3n) is 4.57. The van der Waals surface area contributed by atoms with Crippen molar-refractivity contribution in [1.29, 1.82) is 0 Å². The number of alkyl halides is 3. The van der Waals surface area contributed by atoms with E-state index in [1.807, 2.05) is 38.1 Å². The lowest BCUT2D eigenvalue weighted by Gasteiger charge is -2.09. The largest absolute Gasteiger partial charge is 0.482 e. The van der Waals surface area contributed by atoms with Crippen LogP contribution in [0.15, 0.2) is 42.5 Å². The van der Waals surface area contributed by atoms with Crippen molar-refractivity contribution in [3.05, 3.63) is 69.7 Å². The van der Waals surface area contributed by atoms with Gasteiger partial charge in [-0.2, -0.15) is 13.2 Å². The summed E-state index contributed by atoms with van der Waals surface area (Å²) in [4.78, 5) is 16.8. The number of nitrogens with zero attached hydrogens (tertiary/aromatic N) is 1. The maximum absolute atomic E-state index is 12.8. The van der Waals surface area contributed by atoms with Gasteiger partial charge in [-0.25, -0.2) is 9.78 Å². The number of halogens is 3. The maximum atomic E-state index is 12.8. The van der Waals surface area contributed by atoms with E-state index in [2.05, 4.69) is 4.98 Å². The number of carbonyl (C=O) groups excluding carboxylic acids is 1. The van der Waals surface area contributed by atoms with Gasteiger partial charge in [0.05, 0.1) is 22.7 Å². The SMILES string of the molecule is CCOC(=O)COc1ccc(/C=C/c2sc(-c3ccc(C(F)(F)F)cc3)nc2C)cc1C. The Balaban J connectivity index is 1.71. The Labute approximate surface area is 188 Å². The van der Waals surface area contributed by atoms with E-state index in [1.54, 1.807) is 13.0 Å². The number of carbonyl (C=O) groups is 1. The molecule has 2 aromatic carbocycles. The summed E-state index contributed by atoms with van der Waals surface area (Å²) in [7, 11) is 0. The van der Waals surface area contributed by atoms with E-state index >= 15 is 0 Å². The van der Waals surface area contributed by atoms with Crippen LogP contribution in [0.25, 0.3) is 22.7 Å². The number of rotatable bonds is 7. The fourth-order valence-electron chi connectivity index (χ4n) is 2.94. The molecule has 3 aromatic rings. The van der Waals surface area contributed by atoms with Crippen molar-refractivity contribution >= 4 is 29.5 Å². The molecule has 0 spiro atoms. The second-order valence-corrected chi connectivity index (χ2v) is 8.03. The van der Waals surface area contributed by atoms with Crippen molar-refractivity contribution < 1.29 is 27.4 Å². The molecule has 0 aliphatic heterocycles. The first-order valence-corrected chi connectivity index (χ1v) is 10.7. The number of aryl methyl sites for hydroxylation is 2. The summed E-state index contributed by atoms with van der Waals surface area (Å²) in [5, 5.41) is 0.662. The van der Waals surface area contributed by atoms with Gasteiger partial charge in [-0.05, 0) is 62.2 Å². The van der Waals surface area contributed by atoms with Crippen LogP contribution >= 0.6 is 11.3 Å². The minimum absolute atomic E-state index is 0.142. The van der Waals surface area contributed by atoms with Gasteiger partial charge in [0.1, 0.15) is 10.8 Å². The number of aromatic nitrogens is 1. The van der Waals surface area contributed by atoms with Gasteiger partial charge in [-0.15, -0.1) is 11.3 Å². The van der Waals surface area contributed by atoms with E-state index in [9.17, 15) is 18.0 Å². The molecule has 0 aliphatic rings. The van der Waals surface area contributed by atoms with E-state index in [4.69, 9.17) is 9.47 Å². The second-order valence-electron chi connectivity index (χ2n) is 7.00. The molecule has 0 saturated carbocycles. The third-order valence-corrected chi connectivity index (χ3v) is 5.74. The molecule has 0 aliphatic carbocycles. The average molecular weight is 462 g/mol. The molecule has 0 fully saturated rings. The molecule has 8 heteroatoms. The molecule has 3 rings (SSSR count). The van der Waals surface area contributed by atoms with Crippen molar-refractivity contribution in [2.45, 2.75) is 26.9 Å². The van der Waals surface area contributed by atoms with Crippen LogP contribution in [0.3, 0.4) is 0 Å². The zero-order valence-electron chi connectivity index (χ0n) is 17.8. The topological polar surface area (TPSA) is 48.4 Å². The van der Waals surface area contributed by atoms with Gasteiger partial charge in [0.15, 0.2) is 6.61 Å². The Hall–Kier alpha value is -3.13. The maximum Gasteiger partial charge on any atom is 0.416 e. The minimum Gasteiger partial charge on any atom is -0.482 e. The van der Waals surface area contributed by atoms with Crippen LogP contribution in [0.1, 0.15) is 34.2 Å². The van der Waals surface area contributed by atoms with E-state index in [0.717, 1.165) is 33.8 Å². The molecule has 1 aromatic heterocycles. The van der Waals surface area contributed by atoms with Gasteiger partial charge >= 0.3 is 12.1 Å². The van der Waals surface area contributed by atoms with Crippen molar-refractivity contribution in [3.63, 3.8) is 0 Å². The molecule has 0 saturated heterocycles. The van der Waals surface area contributed by atoms with Gasteiger partial charge < -0.3 is 9.47 Å². The normalized spacial score (nSPS) is 11.7. The number of benzene rings is 2. The van der Waals surface area contributed by atoms with Crippen molar-refractivity contribution in [2.24, 2.45) is 0 Å². The highest BCUT2D eigenvalue weighted by molar-refractivity contribution is 7.16. The van der Waals surface area contributed by atoms with Crippen LogP contribution in [0, 0.1) is 13.8 Å². The fraction of sp³-hybridized carbons (Fsp3) is 0.250. The van der Waals surface area contributed by atoms with Gasteiger partial charge in [0.2, 0.25) is 0 Å². The second kappa shape index (κ2) is 9.99. The quantitative estimate of drug-likeness (QED) is 0.374. The highest BCUT2D eigenvalue weighted by Gasteiger charge is 2.30. The Morgan fingerprint density at radius 1 is 1.09 bits per heavy atom. The molecule has 0 bridgehead atoms. The van der Waals surface area contributed by atoms with Gasteiger partial charge in [-0.3, -0.25) is 0 Å². The molecular weight excluding hydrogens is 439 g/mol. The van der Waals surface area contributed by atoms with E-state index < -0.39 is 17.7 Å².